The van der Waals surface area contributed by atoms with Gasteiger partial charge in [-0.3, -0.25) is 4.79 Å². The van der Waals surface area contributed by atoms with Gasteiger partial charge in [-0.05, 0) is 54.8 Å². The minimum Gasteiger partial charge on any atom is -0.464 e. The molecule has 0 saturated carbocycles. The van der Waals surface area contributed by atoms with Crippen molar-refractivity contribution in [2.45, 2.75) is 18.8 Å². The number of rotatable bonds is 3. The summed E-state index contributed by atoms with van der Waals surface area (Å²) >= 11 is 0. The molecule has 4 heteroatoms. The summed E-state index contributed by atoms with van der Waals surface area (Å²) in [5, 5.41) is 12.1. The van der Waals surface area contributed by atoms with E-state index in [-0.39, 0.29) is 5.91 Å². The van der Waals surface area contributed by atoms with Crippen LogP contribution in [0, 0.1) is 11.3 Å². The van der Waals surface area contributed by atoms with Crippen LogP contribution in [0.1, 0.15) is 23.6 Å². The summed E-state index contributed by atoms with van der Waals surface area (Å²) in [5.74, 6) is 0.691. The van der Waals surface area contributed by atoms with Crippen LogP contribution in [0.5, 0.6) is 0 Å². The molecule has 2 heterocycles. The topological polar surface area (TPSA) is 66.0 Å². The Hall–Kier alpha value is -3.32. The van der Waals surface area contributed by atoms with E-state index in [4.69, 9.17) is 9.68 Å². The third-order valence-electron chi connectivity index (χ3n) is 4.80. The maximum atomic E-state index is 12.8. The fourth-order valence-corrected chi connectivity index (χ4v) is 3.49. The van der Waals surface area contributed by atoms with Crippen LogP contribution in [-0.4, -0.2) is 5.91 Å². The molecule has 0 saturated heterocycles. The molecule has 0 spiro atoms. The van der Waals surface area contributed by atoms with Gasteiger partial charge in [0, 0.05) is 5.56 Å². The Morgan fingerprint density at radius 2 is 2.00 bits per heavy atom. The van der Waals surface area contributed by atoms with Crippen LogP contribution in [0.2, 0.25) is 0 Å². The Kier molecular flexibility index (Phi) is 3.43. The van der Waals surface area contributed by atoms with Crippen LogP contribution in [0.4, 0.5) is 5.69 Å². The van der Waals surface area contributed by atoms with Gasteiger partial charge in [0.05, 0.1) is 29.0 Å². The Bertz CT molecular complexity index is 999. The lowest BCUT2D eigenvalue weighted by Gasteiger charge is -2.22. The minimum atomic E-state index is -0.688. The predicted octanol–water partition coefficient (Wildman–Crippen LogP) is 4.27. The molecule has 1 amide bonds. The average Bonchev–Trinajstić information content (AvgIpc) is 3.23. The zero-order chi connectivity index (χ0) is 17.4. The first-order valence-electron chi connectivity index (χ1n) is 8.10. The second-order valence-electron chi connectivity index (χ2n) is 6.48. The molecule has 1 atom stereocenters. The highest BCUT2D eigenvalue weighted by Crippen LogP contribution is 2.44. The van der Waals surface area contributed by atoms with Gasteiger partial charge in [0.2, 0.25) is 5.91 Å². The van der Waals surface area contributed by atoms with Gasteiger partial charge in [0.1, 0.15) is 5.76 Å². The molecule has 1 unspecified atom stereocenters. The van der Waals surface area contributed by atoms with E-state index in [0.717, 1.165) is 28.1 Å². The van der Waals surface area contributed by atoms with Crippen LogP contribution in [-0.2, 0) is 16.6 Å². The maximum absolute atomic E-state index is 12.8. The van der Waals surface area contributed by atoms with Crippen molar-refractivity contribution in [2.75, 3.05) is 5.32 Å². The van der Waals surface area contributed by atoms with Gasteiger partial charge >= 0.3 is 0 Å². The summed E-state index contributed by atoms with van der Waals surface area (Å²) in [6.07, 6.45) is 2.15. The van der Waals surface area contributed by atoms with Crippen molar-refractivity contribution in [1.29, 1.82) is 5.26 Å². The molecular weight excluding hydrogens is 312 g/mol. The number of furan rings is 1. The molecule has 25 heavy (non-hydrogen) atoms. The van der Waals surface area contributed by atoms with Gasteiger partial charge in [0.25, 0.3) is 0 Å². The SMILES string of the molecule is CC1(Cc2cccc(C#N)c2)C(=O)Nc2c(-c3ccco3)cccc21. The lowest BCUT2D eigenvalue weighted by molar-refractivity contribution is -0.120. The number of carbonyl (C=O) groups excluding carboxylic acids is 1. The van der Waals surface area contributed by atoms with Gasteiger partial charge in [0.15, 0.2) is 0 Å². The Morgan fingerprint density at radius 3 is 2.76 bits per heavy atom. The molecule has 1 aliphatic rings. The van der Waals surface area contributed by atoms with Crippen molar-refractivity contribution in [3.63, 3.8) is 0 Å². The highest BCUT2D eigenvalue weighted by molar-refractivity contribution is 6.09. The van der Waals surface area contributed by atoms with Crippen molar-refractivity contribution in [2.24, 2.45) is 0 Å². The number of nitriles is 1. The molecule has 0 bridgehead atoms. The summed E-state index contributed by atoms with van der Waals surface area (Å²) in [5.41, 5.74) is 3.52. The van der Waals surface area contributed by atoms with E-state index < -0.39 is 5.41 Å². The monoisotopic (exact) mass is 328 g/mol. The quantitative estimate of drug-likeness (QED) is 0.781. The van der Waals surface area contributed by atoms with E-state index in [1.807, 2.05) is 55.5 Å². The van der Waals surface area contributed by atoms with Crippen LogP contribution < -0.4 is 5.32 Å². The maximum Gasteiger partial charge on any atom is 0.235 e. The summed E-state index contributed by atoms with van der Waals surface area (Å²) in [7, 11) is 0. The Balaban J connectivity index is 1.79. The van der Waals surface area contributed by atoms with Crippen molar-refractivity contribution in [3.8, 4) is 17.4 Å². The first-order chi connectivity index (χ1) is 12.1. The zero-order valence-electron chi connectivity index (χ0n) is 13.7. The Labute approximate surface area is 145 Å². The Morgan fingerprint density at radius 1 is 1.16 bits per heavy atom. The fraction of sp³-hybridized carbons (Fsp3) is 0.143. The smallest absolute Gasteiger partial charge is 0.235 e. The number of fused-ring (bicyclic) bond motifs is 1. The summed E-state index contributed by atoms with van der Waals surface area (Å²) in [6.45, 7) is 1.94. The first kappa shape index (κ1) is 15.2. The van der Waals surface area contributed by atoms with Crippen molar-refractivity contribution >= 4 is 11.6 Å². The normalized spacial score (nSPS) is 18.5. The molecule has 0 aliphatic carbocycles. The van der Waals surface area contributed by atoms with Crippen LogP contribution in [0.25, 0.3) is 11.3 Å². The zero-order valence-corrected chi connectivity index (χ0v) is 13.7. The second-order valence-corrected chi connectivity index (χ2v) is 6.48. The number of hydrogen-bond acceptors (Lipinski definition) is 3. The lowest BCUT2D eigenvalue weighted by Crippen LogP contribution is -2.33. The molecule has 3 aromatic rings. The number of carbonyl (C=O) groups is 1. The van der Waals surface area contributed by atoms with Gasteiger partial charge in [-0.1, -0.05) is 24.3 Å². The molecule has 0 radical (unpaired) electrons. The molecule has 4 nitrogen and oxygen atoms in total. The van der Waals surface area contributed by atoms with E-state index in [0.29, 0.717) is 12.0 Å². The molecular formula is C21H16N2O2. The third kappa shape index (κ3) is 2.41. The van der Waals surface area contributed by atoms with Crippen molar-refractivity contribution < 1.29 is 9.21 Å². The summed E-state index contributed by atoms with van der Waals surface area (Å²) in [6, 6.07) is 19.1. The highest BCUT2D eigenvalue weighted by Gasteiger charge is 2.43. The third-order valence-corrected chi connectivity index (χ3v) is 4.80. The molecule has 1 N–H and O–H groups in total. The molecule has 0 fully saturated rings. The molecule has 122 valence electrons. The molecule has 1 aromatic heterocycles. The van der Waals surface area contributed by atoms with Gasteiger partial charge in [-0.25, -0.2) is 0 Å². The molecule has 2 aromatic carbocycles. The van der Waals surface area contributed by atoms with E-state index in [2.05, 4.69) is 11.4 Å². The van der Waals surface area contributed by atoms with E-state index in [1.54, 1.807) is 12.3 Å². The number of anilines is 1. The van der Waals surface area contributed by atoms with E-state index in [1.165, 1.54) is 0 Å². The number of nitrogens with zero attached hydrogens (tertiary/aromatic N) is 1. The summed E-state index contributed by atoms with van der Waals surface area (Å²) in [4.78, 5) is 12.8. The predicted molar refractivity (Wildman–Crippen MR) is 95.0 cm³/mol. The lowest BCUT2D eigenvalue weighted by atomic mass is 9.77. The van der Waals surface area contributed by atoms with Crippen molar-refractivity contribution in [1.82, 2.24) is 0 Å². The first-order valence-corrected chi connectivity index (χ1v) is 8.10. The molecule has 1 aliphatic heterocycles. The number of amides is 1. The average molecular weight is 328 g/mol. The van der Waals surface area contributed by atoms with E-state index in [9.17, 15) is 4.79 Å². The van der Waals surface area contributed by atoms with Crippen molar-refractivity contribution in [3.05, 3.63) is 77.6 Å². The second kappa shape index (κ2) is 5.64. The van der Waals surface area contributed by atoms with Crippen LogP contribution in [0.3, 0.4) is 0 Å². The van der Waals surface area contributed by atoms with Gasteiger partial charge in [-0.15, -0.1) is 0 Å². The number of nitrogens with one attached hydrogen (secondary N) is 1. The van der Waals surface area contributed by atoms with E-state index >= 15 is 0 Å². The minimum absolute atomic E-state index is 0.0381. The van der Waals surface area contributed by atoms with Crippen LogP contribution in [0.15, 0.2) is 65.3 Å². The van der Waals surface area contributed by atoms with Gasteiger partial charge in [-0.2, -0.15) is 5.26 Å². The van der Waals surface area contributed by atoms with Gasteiger partial charge < -0.3 is 9.73 Å². The standard InChI is InChI=1S/C21H16N2O2/c1-21(12-14-5-2-6-15(11-14)13-22)17-8-3-7-16(18-9-4-10-25-18)19(17)23-20(21)24/h2-11H,12H2,1H3,(H,23,24). The van der Waals surface area contributed by atoms with Crippen LogP contribution >= 0.6 is 0 Å². The fourth-order valence-electron chi connectivity index (χ4n) is 3.49. The number of hydrogen-bond donors (Lipinski definition) is 1. The largest absolute Gasteiger partial charge is 0.464 e. The number of benzene rings is 2. The number of para-hydroxylation sites is 1. The summed E-state index contributed by atoms with van der Waals surface area (Å²) < 4.78 is 5.51. The molecule has 4 rings (SSSR count). The highest BCUT2D eigenvalue weighted by atomic mass is 16.3.